The first-order chi connectivity index (χ1) is 10.2. The first-order valence-electron chi connectivity index (χ1n) is 8.17. The lowest BCUT2D eigenvalue weighted by Gasteiger charge is -2.21. The Labute approximate surface area is 129 Å². The van der Waals surface area contributed by atoms with Crippen molar-refractivity contribution in [2.75, 3.05) is 19.5 Å². The fourth-order valence-electron chi connectivity index (χ4n) is 3.29. The van der Waals surface area contributed by atoms with Crippen molar-refractivity contribution in [1.82, 2.24) is 0 Å². The molecule has 2 atom stereocenters. The number of anilines is 1. The van der Waals surface area contributed by atoms with Gasteiger partial charge in [-0.15, -0.1) is 0 Å². The fourth-order valence-corrected chi connectivity index (χ4v) is 3.29. The molecule has 3 nitrogen and oxygen atoms in total. The lowest BCUT2D eigenvalue weighted by atomic mass is 9.98. The maximum atomic E-state index is 5.42. The summed E-state index contributed by atoms with van der Waals surface area (Å²) in [6, 6.07) is 4.70. The van der Waals surface area contributed by atoms with Gasteiger partial charge in [0.15, 0.2) is 11.5 Å². The molecule has 0 spiro atoms. The maximum absolute atomic E-state index is 5.42. The highest BCUT2D eigenvalue weighted by Crippen LogP contribution is 2.34. The number of benzene rings is 1. The van der Waals surface area contributed by atoms with Crippen LogP contribution < -0.4 is 14.8 Å². The summed E-state index contributed by atoms with van der Waals surface area (Å²) in [5.74, 6) is 2.52. The Balaban J connectivity index is 2.08. The van der Waals surface area contributed by atoms with E-state index in [1.165, 1.54) is 49.8 Å². The molecule has 0 bridgehead atoms. The van der Waals surface area contributed by atoms with Crippen LogP contribution in [0, 0.1) is 12.8 Å². The van der Waals surface area contributed by atoms with Crippen molar-refractivity contribution in [3.8, 4) is 11.5 Å². The fraction of sp³-hybridized carbons (Fsp3) is 0.667. The third-order valence-electron chi connectivity index (χ3n) is 4.76. The highest BCUT2D eigenvalue weighted by Gasteiger charge is 2.19. The van der Waals surface area contributed by atoms with Gasteiger partial charge in [0.05, 0.1) is 14.2 Å². The predicted molar refractivity (Wildman–Crippen MR) is 88.6 cm³/mol. The molecule has 1 fully saturated rings. The maximum Gasteiger partial charge on any atom is 0.162 e. The molecule has 1 aromatic carbocycles. The summed E-state index contributed by atoms with van der Waals surface area (Å²) in [5.41, 5.74) is 2.39. The molecule has 1 N–H and O–H groups in total. The van der Waals surface area contributed by atoms with Crippen LogP contribution in [0.3, 0.4) is 0 Å². The number of nitrogens with one attached hydrogen (secondary N) is 1. The van der Waals surface area contributed by atoms with E-state index in [1.54, 1.807) is 14.2 Å². The third kappa shape index (κ3) is 4.05. The molecule has 0 aliphatic heterocycles. The van der Waals surface area contributed by atoms with E-state index in [9.17, 15) is 0 Å². The Morgan fingerprint density at radius 1 is 1.05 bits per heavy atom. The van der Waals surface area contributed by atoms with Crippen molar-refractivity contribution >= 4 is 5.69 Å². The van der Waals surface area contributed by atoms with E-state index in [2.05, 4.69) is 25.2 Å². The second-order valence-electron chi connectivity index (χ2n) is 6.15. The van der Waals surface area contributed by atoms with Crippen molar-refractivity contribution in [3.05, 3.63) is 17.7 Å². The number of hydrogen-bond acceptors (Lipinski definition) is 3. The first kappa shape index (κ1) is 16.0. The topological polar surface area (TPSA) is 30.5 Å². The first-order valence-corrected chi connectivity index (χ1v) is 8.17. The molecule has 2 unspecified atom stereocenters. The van der Waals surface area contributed by atoms with Crippen molar-refractivity contribution in [1.29, 1.82) is 0 Å². The molecular weight excluding hydrogens is 262 g/mol. The highest BCUT2D eigenvalue weighted by atomic mass is 16.5. The molecule has 21 heavy (non-hydrogen) atoms. The normalized spacial score (nSPS) is 22.5. The van der Waals surface area contributed by atoms with Crippen LogP contribution in [0.2, 0.25) is 0 Å². The van der Waals surface area contributed by atoms with Crippen molar-refractivity contribution < 1.29 is 9.47 Å². The molecule has 1 aromatic rings. The van der Waals surface area contributed by atoms with Gasteiger partial charge >= 0.3 is 0 Å². The van der Waals surface area contributed by atoms with E-state index < -0.39 is 0 Å². The zero-order chi connectivity index (χ0) is 15.2. The van der Waals surface area contributed by atoms with E-state index >= 15 is 0 Å². The van der Waals surface area contributed by atoms with Crippen LogP contribution in [0.1, 0.15) is 51.0 Å². The smallest absolute Gasteiger partial charge is 0.162 e. The van der Waals surface area contributed by atoms with Crippen LogP contribution in [0.5, 0.6) is 11.5 Å². The average molecular weight is 291 g/mol. The average Bonchev–Trinajstić information content (AvgIpc) is 2.74. The van der Waals surface area contributed by atoms with Crippen LogP contribution >= 0.6 is 0 Å². The van der Waals surface area contributed by atoms with Gasteiger partial charge < -0.3 is 14.8 Å². The number of aryl methyl sites for hydroxylation is 1. The number of hydrogen-bond donors (Lipinski definition) is 1. The Kier molecular flexibility index (Phi) is 5.77. The van der Waals surface area contributed by atoms with Crippen LogP contribution in [0.4, 0.5) is 5.69 Å². The van der Waals surface area contributed by atoms with Gasteiger partial charge in [-0.25, -0.2) is 0 Å². The molecule has 0 saturated heterocycles. The van der Waals surface area contributed by atoms with Crippen molar-refractivity contribution in [2.45, 2.75) is 58.4 Å². The van der Waals surface area contributed by atoms with E-state index in [0.29, 0.717) is 6.04 Å². The summed E-state index contributed by atoms with van der Waals surface area (Å²) in [6.07, 6.45) is 7.93. The highest BCUT2D eigenvalue weighted by molar-refractivity contribution is 5.60. The summed E-state index contributed by atoms with van der Waals surface area (Å²) >= 11 is 0. The number of ether oxygens (including phenoxy) is 2. The van der Waals surface area contributed by atoms with Crippen molar-refractivity contribution in [3.63, 3.8) is 0 Å². The van der Waals surface area contributed by atoms with Gasteiger partial charge in [0, 0.05) is 17.8 Å². The van der Waals surface area contributed by atoms with Gasteiger partial charge in [-0.2, -0.15) is 0 Å². The van der Waals surface area contributed by atoms with E-state index in [1.807, 2.05) is 6.07 Å². The molecule has 0 amide bonds. The van der Waals surface area contributed by atoms with Gasteiger partial charge in [0.2, 0.25) is 0 Å². The Morgan fingerprint density at radius 3 is 2.43 bits per heavy atom. The molecule has 1 saturated carbocycles. The summed E-state index contributed by atoms with van der Waals surface area (Å²) in [7, 11) is 3.37. The lowest BCUT2D eigenvalue weighted by Crippen LogP contribution is -2.19. The van der Waals surface area contributed by atoms with Crippen molar-refractivity contribution in [2.24, 2.45) is 5.92 Å². The number of rotatable bonds is 5. The van der Waals surface area contributed by atoms with Crippen LogP contribution in [-0.2, 0) is 0 Å². The minimum Gasteiger partial charge on any atom is -0.493 e. The summed E-state index contributed by atoms with van der Waals surface area (Å²) in [5, 5.41) is 3.72. The zero-order valence-electron chi connectivity index (χ0n) is 13.9. The molecule has 0 radical (unpaired) electrons. The Morgan fingerprint density at radius 2 is 1.76 bits per heavy atom. The number of methoxy groups -OCH3 is 2. The van der Waals surface area contributed by atoms with Gasteiger partial charge in [-0.3, -0.25) is 0 Å². The van der Waals surface area contributed by atoms with Gasteiger partial charge in [0.1, 0.15) is 0 Å². The summed E-state index contributed by atoms with van der Waals surface area (Å²) < 4.78 is 10.8. The van der Waals surface area contributed by atoms with Gasteiger partial charge in [0.25, 0.3) is 0 Å². The largest absolute Gasteiger partial charge is 0.493 e. The predicted octanol–water partition coefficient (Wildman–Crippen LogP) is 4.78. The lowest BCUT2D eigenvalue weighted by molar-refractivity contribution is 0.355. The van der Waals surface area contributed by atoms with Crippen LogP contribution in [-0.4, -0.2) is 20.3 Å². The minimum absolute atomic E-state index is 0.582. The van der Waals surface area contributed by atoms with Crippen LogP contribution in [0.15, 0.2) is 12.1 Å². The molecule has 118 valence electrons. The molecule has 0 heterocycles. The monoisotopic (exact) mass is 291 g/mol. The molecular formula is C18H29NO2. The van der Waals surface area contributed by atoms with E-state index in [-0.39, 0.29) is 0 Å². The summed E-state index contributed by atoms with van der Waals surface area (Å²) in [4.78, 5) is 0. The molecule has 1 aliphatic rings. The van der Waals surface area contributed by atoms with E-state index in [4.69, 9.17) is 9.47 Å². The molecule has 0 aromatic heterocycles. The standard InChI is InChI=1S/C18H29NO2/c1-5-14-7-6-8-15(10-9-14)19-16-12-18(21-4)17(20-3)11-13(16)2/h11-12,14-15,19H,5-10H2,1-4H3. The van der Waals surface area contributed by atoms with Crippen LogP contribution in [0.25, 0.3) is 0 Å². The second-order valence-corrected chi connectivity index (χ2v) is 6.15. The third-order valence-corrected chi connectivity index (χ3v) is 4.76. The quantitative estimate of drug-likeness (QED) is 0.792. The minimum atomic E-state index is 0.582. The van der Waals surface area contributed by atoms with Gasteiger partial charge in [-0.1, -0.05) is 26.2 Å². The van der Waals surface area contributed by atoms with E-state index in [0.717, 1.165) is 17.4 Å². The van der Waals surface area contributed by atoms with Gasteiger partial charge in [-0.05, 0) is 43.7 Å². The molecule has 2 rings (SSSR count). The zero-order valence-corrected chi connectivity index (χ0v) is 13.9. The summed E-state index contributed by atoms with van der Waals surface area (Å²) in [6.45, 7) is 4.44. The Hall–Kier alpha value is -1.38. The second kappa shape index (κ2) is 7.58. The Bertz CT molecular complexity index is 459. The molecule has 1 aliphatic carbocycles. The SMILES string of the molecule is CCC1CCCC(Nc2cc(OC)c(OC)cc2C)CC1. The molecule has 3 heteroatoms.